The maximum absolute atomic E-state index is 12.0. The van der Waals surface area contributed by atoms with Gasteiger partial charge in [-0.1, -0.05) is 242 Å². The molecule has 5 amide bonds. The zero-order valence-corrected chi connectivity index (χ0v) is 89.5. The van der Waals surface area contributed by atoms with Gasteiger partial charge in [0.2, 0.25) is 17.7 Å². The molecule has 0 saturated carbocycles. The van der Waals surface area contributed by atoms with Gasteiger partial charge in [-0.15, -0.1) is 0 Å². The summed E-state index contributed by atoms with van der Waals surface area (Å²) in [5, 5.41) is 18.7. The third-order valence-electron chi connectivity index (χ3n) is 15.8. The average molecular weight is 1900 g/mol. The molecule has 23 nitrogen and oxygen atoms in total. The Kier molecular flexibility index (Phi) is 60.6. The summed E-state index contributed by atoms with van der Waals surface area (Å²) >= 11 is 29.9. The van der Waals surface area contributed by atoms with E-state index < -0.39 is 0 Å². The van der Waals surface area contributed by atoms with Crippen LogP contribution in [0, 0.1) is 47.3 Å². The molecule has 34 heteroatoms. The molecule has 0 aromatic carbocycles. The lowest BCUT2D eigenvalue weighted by Crippen LogP contribution is -2.40. The van der Waals surface area contributed by atoms with Gasteiger partial charge in [0.05, 0.1) is 26.5 Å². The van der Waals surface area contributed by atoms with Gasteiger partial charge in [0.25, 0.3) is 11.8 Å². The Hall–Kier alpha value is -3.48. The molecular weight excluding hydrogens is 1740 g/mol. The van der Waals surface area contributed by atoms with Crippen molar-refractivity contribution < 1.29 is 24.0 Å². The van der Waals surface area contributed by atoms with Crippen molar-refractivity contribution in [1.82, 2.24) is 39.4 Å². The van der Waals surface area contributed by atoms with E-state index in [0.717, 1.165) is 140 Å². The van der Waals surface area contributed by atoms with E-state index in [1.807, 2.05) is 147 Å². The summed E-state index contributed by atoms with van der Waals surface area (Å²) in [6.07, 6.45) is 10.7. The quantitative estimate of drug-likeness (QED) is 0.0645. The molecule has 122 heavy (non-hydrogen) atoms. The Balaban J connectivity index is 0.000000697. The predicted octanol–water partition coefficient (Wildman–Crippen LogP) is 21.4. The second kappa shape index (κ2) is 63.5. The van der Waals surface area contributed by atoms with Crippen LogP contribution in [0.2, 0.25) is 0 Å². The SMILES string of the molecule is CC(C)/C=N/N1C(=O)CSC1=NC(C)C.CC(C)/C=N/N1C(=O)CSC1=NC(C)C.CC(C)CC(=O)N1CCCSC1=NC(C)C.CC(C)CC(=O)N1CCSC1=NC(C)C.CC(C)CC(=O)N1CCSC1=NC(C)C.CC(C)CC(=S)N1CCCSC1=NC(C)C.CC(C)CC(=S)N1CCSC1=NC(C)C.CC(C)CC(=S)N1CCSC1=NC(C)C. The first-order chi connectivity index (χ1) is 57.0. The first-order valence-electron chi connectivity index (χ1n) is 44.2. The van der Waals surface area contributed by atoms with Crippen LogP contribution in [0.1, 0.15) is 273 Å². The Morgan fingerprint density at radius 2 is 0.475 bits per heavy atom. The third kappa shape index (κ3) is 51.1. The molecule has 0 aromatic rings. The molecular formula is C88H158N18O5S11. The van der Waals surface area contributed by atoms with Crippen LogP contribution in [0.4, 0.5) is 0 Å². The predicted molar refractivity (Wildman–Crippen MR) is 560 cm³/mol. The van der Waals surface area contributed by atoms with Crippen molar-refractivity contribution >= 4 is 229 Å². The number of amidine groups is 8. The highest BCUT2D eigenvalue weighted by atomic mass is 32.2. The third-order valence-corrected chi connectivity index (χ3v) is 24.8. The van der Waals surface area contributed by atoms with Crippen LogP contribution >= 0.6 is 131 Å². The molecule has 8 aliphatic heterocycles. The smallest absolute Gasteiger partial charge is 0.259 e. The fourth-order valence-electron chi connectivity index (χ4n) is 10.8. The number of amides is 5. The Bertz CT molecular complexity index is 3200. The van der Waals surface area contributed by atoms with Crippen molar-refractivity contribution in [2.45, 2.75) is 321 Å². The van der Waals surface area contributed by atoms with Gasteiger partial charge in [0, 0.05) is 173 Å². The first kappa shape index (κ1) is 117. The zero-order valence-electron chi connectivity index (χ0n) is 80.5. The summed E-state index contributed by atoms with van der Waals surface area (Å²) in [4.78, 5) is 110. The number of carbonyl (C=O) groups is 5. The molecule has 8 aliphatic rings. The van der Waals surface area contributed by atoms with E-state index in [9.17, 15) is 24.0 Å². The van der Waals surface area contributed by atoms with Gasteiger partial charge >= 0.3 is 0 Å². The second-order valence-electron chi connectivity index (χ2n) is 35.7. The second-order valence-corrected chi connectivity index (χ2v) is 45.4. The molecule has 0 bridgehead atoms. The molecule has 8 fully saturated rings. The summed E-state index contributed by atoms with van der Waals surface area (Å²) in [5.74, 6) is 11.8. The van der Waals surface area contributed by atoms with Crippen LogP contribution in [-0.2, 0) is 24.0 Å². The number of thioether (sulfide) groups is 8. The van der Waals surface area contributed by atoms with Crippen molar-refractivity contribution in [1.29, 1.82) is 0 Å². The minimum absolute atomic E-state index is 0.0105. The standard InChI is InChI=1S/C12H22N2OS.C12H22N2S2.2C11H20N2OS.2C11H20N2S2.2C10H17N3OS/c2*1-9(2)8-11(15)14-6-5-7-16-12(14)13-10(3)4;4*1-8(2)7-10(14)13-5-6-15-11(13)12-9(3)4;2*1-7(2)5-11-13-9(14)6-15-10(13)12-8(3)4/h2*9-10H,5-8H2,1-4H3;4*8-9H,5-7H2,1-4H3;2*5,7-8H,6H2,1-4H3/b;;;;;;2*11-5+,12-10?. The fourth-order valence-corrected chi connectivity index (χ4v) is 20.9. The zero-order chi connectivity index (χ0) is 92.8. The summed E-state index contributed by atoms with van der Waals surface area (Å²) in [6, 6.07) is 2.23. The number of nitrogens with zero attached hydrogens (tertiary/aromatic N) is 18. The average Bonchev–Trinajstić information content (AvgIpc) is 1.50. The van der Waals surface area contributed by atoms with Gasteiger partial charge in [-0.25, -0.2) is 0 Å². The number of hydrogen-bond donors (Lipinski definition) is 0. The van der Waals surface area contributed by atoms with Crippen molar-refractivity contribution in [3.05, 3.63) is 0 Å². The normalized spacial score (nSPS) is 19.9. The van der Waals surface area contributed by atoms with Crippen molar-refractivity contribution in [2.24, 2.45) is 97.5 Å². The van der Waals surface area contributed by atoms with Crippen molar-refractivity contribution in [3.63, 3.8) is 0 Å². The van der Waals surface area contributed by atoms with E-state index in [2.05, 4.69) is 189 Å². The highest BCUT2D eigenvalue weighted by Gasteiger charge is 2.33. The molecule has 0 radical (unpaired) electrons. The molecule has 696 valence electrons. The van der Waals surface area contributed by atoms with Crippen LogP contribution in [0.5, 0.6) is 0 Å². The minimum Gasteiger partial charge on any atom is -0.316 e. The van der Waals surface area contributed by atoms with Gasteiger partial charge in [-0.3, -0.25) is 78.6 Å². The van der Waals surface area contributed by atoms with Crippen LogP contribution in [-0.4, -0.2) is 271 Å². The van der Waals surface area contributed by atoms with E-state index in [-0.39, 0.29) is 59.7 Å². The number of hydrazone groups is 2. The number of aliphatic imine (C=N–C) groups is 8. The molecule has 8 heterocycles. The van der Waals surface area contributed by atoms with E-state index in [4.69, 9.17) is 36.7 Å². The summed E-state index contributed by atoms with van der Waals surface area (Å²) < 4.78 is 0. The van der Waals surface area contributed by atoms with Crippen LogP contribution in [0.3, 0.4) is 0 Å². The van der Waals surface area contributed by atoms with Crippen LogP contribution in [0.15, 0.2) is 50.1 Å². The van der Waals surface area contributed by atoms with E-state index >= 15 is 0 Å². The molecule has 0 aromatic heterocycles. The minimum atomic E-state index is 0.0105. The topological polar surface area (TPSA) is 235 Å². The van der Waals surface area contributed by atoms with E-state index in [1.165, 1.54) is 45.7 Å². The number of thiocarbonyl (C=S) groups is 3. The lowest BCUT2D eigenvalue weighted by atomic mass is 10.1. The first-order valence-corrected chi connectivity index (χ1v) is 53.4. The lowest BCUT2D eigenvalue weighted by molar-refractivity contribution is -0.128. The van der Waals surface area contributed by atoms with Gasteiger partial charge in [0.15, 0.2) is 41.3 Å². The fraction of sp³-hybridized carbons (Fsp3) is 0.795. The van der Waals surface area contributed by atoms with E-state index in [0.29, 0.717) is 107 Å². The van der Waals surface area contributed by atoms with Gasteiger partial charge in [-0.05, 0) is 171 Å². The molecule has 0 atom stereocenters. The summed E-state index contributed by atoms with van der Waals surface area (Å²) in [7, 11) is 0. The van der Waals surface area contributed by atoms with Crippen LogP contribution in [0.25, 0.3) is 0 Å². The Morgan fingerprint density at radius 1 is 0.279 bits per heavy atom. The van der Waals surface area contributed by atoms with E-state index in [1.54, 1.807) is 47.7 Å². The molecule has 0 N–H and O–H groups in total. The van der Waals surface area contributed by atoms with Gasteiger partial charge in [-0.2, -0.15) is 20.2 Å². The molecule has 8 saturated heterocycles. The molecule has 0 spiro atoms. The van der Waals surface area contributed by atoms with Gasteiger partial charge < -0.3 is 14.7 Å². The van der Waals surface area contributed by atoms with Crippen molar-refractivity contribution in [2.75, 3.05) is 85.3 Å². The Labute approximate surface area is 789 Å². The molecule has 8 rings (SSSR count). The largest absolute Gasteiger partial charge is 0.316 e. The van der Waals surface area contributed by atoms with Crippen LogP contribution < -0.4 is 0 Å². The Morgan fingerprint density at radius 3 is 0.705 bits per heavy atom. The maximum atomic E-state index is 12.0. The highest BCUT2D eigenvalue weighted by Crippen LogP contribution is 2.29. The molecule has 0 aliphatic carbocycles. The van der Waals surface area contributed by atoms with Crippen molar-refractivity contribution in [3.8, 4) is 0 Å². The number of rotatable bonds is 24. The maximum Gasteiger partial charge on any atom is 0.259 e. The highest BCUT2D eigenvalue weighted by molar-refractivity contribution is 8.16. The summed E-state index contributed by atoms with van der Waals surface area (Å²) in [6.45, 7) is 72.2. The lowest BCUT2D eigenvalue weighted by Gasteiger charge is -2.31. The number of hydrogen-bond acceptors (Lipinski definition) is 26. The molecule has 0 unspecified atom stereocenters. The monoisotopic (exact) mass is 1900 g/mol. The number of carbonyl (C=O) groups excluding carboxylic acids is 5. The van der Waals surface area contributed by atoms with Gasteiger partial charge in [0.1, 0.15) is 0 Å². The summed E-state index contributed by atoms with van der Waals surface area (Å²) in [5.41, 5.74) is 0.